The number of aliphatic hydroxyl groups is 10. The summed E-state index contributed by atoms with van der Waals surface area (Å²) in [5.41, 5.74) is 3.38. The minimum absolute atomic E-state index is 0. The number of fused-ring (bicyclic) bond motifs is 2. The van der Waals surface area contributed by atoms with E-state index in [-0.39, 0.29) is 53.5 Å². The van der Waals surface area contributed by atoms with Crippen molar-refractivity contribution in [3.05, 3.63) is 107 Å². The predicted octanol–water partition coefficient (Wildman–Crippen LogP) is -4.60. The Morgan fingerprint density at radius 2 is 1.09 bits per heavy atom. The Hall–Kier alpha value is -3.77. The van der Waals surface area contributed by atoms with Gasteiger partial charge in [0.2, 0.25) is 5.69 Å². The minimum atomic E-state index is -4.44. The van der Waals surface area contributed by atoms with Crippen LogP contribution < -0.4 is 45.1 Å². The van der Waals surface area contributed by atoms with Gasteiger partial charge in [-0.05, 0) is 75.1 Å². The van der Waals surface area contributed by atoms with E-state index in [2.05, 4.69) is 10.6 Å². The molecule has 2 aromatic carbocycles. The summed E-state index contributed by atoms with van der Waals surface area (Å²) < 4.78 is 70.1. The molecule has 0 unspecified atom stereocenters. The normalized spacial score (nSPS) is 19.2. The summed E-state index contributed by atoms with van der Waals surface area (Å²) in [6.45, 7) is 5.64. The van der Waals surface area contributed by atoms with Gasteiger partial charge in [-0.25, -0.2) is 16.8 Å². The summed E-state index contributed by atoms with van der Waals surface area (Å²) in [6, 6.07) is 9.84. The predicted molar refractivity (Wildman–Crippen MR) is 266 cm³/mol. The topological polar surface area (TPSA) is 381 Å². The SMILES string of the molecule is CC1(C)C(=C/C=C/C=C/C=C/C2=[N+](CCCCS(=O)(=O)[O-])c3ccc(C(=O)NC[C@H](O)[C@@H](O)[C@H](O)[C@H](O)CO)cc3C2(C)C)N(CCCCS(=O)(=O)[O-])c2ccc(C(=O)NC[C@H](O)[C@@H](O)[C@H](O)[C@H](O)CO)cc21.[Na+]. The molecule has 0 fully saturated rings. The Balaban J connectivity index is 0.0000144. The van der Waals surface area contributed by atoms with Crippen molar-refractivity contribution in [1.82, 2.24) is 10.6 Å². The Kier molecular flexibility index (Phi) is 24.4. The Morgan fingerprint density at radius 1 is 0.635 bits per heavy atom. The molecule has 0 aliphatic carbocycles. The summed E-state index contributed by atoms with van der Waals surface area (Å²) in [5, 5.41) is 103. The van der Waals surface area contributed by atoms with Crippen LogP contribution in [0.25, 0.3) is 0 Å². The first-order valence-electron chi connectivity index (χ1n) is 23.6. The van der Waals surface area contributed by atoms with Gasteiger partial charge >= 0.3 is 29.6 Å². The number of rotatable bonds is 28. The van der Waals surface area contributed by atoms with Crippen molar-refractivity contribution in [2.24, 2.45) is 0 Å². The van der Waals surface area contributed by atoms with Crippen molar-refractivity contribution >= 4 is 49.1 Å². The van der Waals surface area contributed by atoms with E-state index in [4.69, 9.17) is 10.2 Å². The largest absolute Gasteiger partial charge is 1.00 e. The molecule has 2 heterocycles. The van der Waals surface area contributed by atoms with Gasteiger partial charge in [-0.2, -0.15) is 4.58 Å². The van der Waals surface area contributed by atoms with Gasteiger partial charge in [0.05, 0.1) is 51.1 Å². The molecular formula is C49H69N4NaO18S2. The van der Waals surface area contributed by atoms with Gasteiger partial charge in [0.25, 0.3) is 11.8 Å². The van der Waals surface area contributed by atoms with E-state index in [0.29, 0.717) is 25.9 Å². The maximum absolute atomic E-state index is 13.3. The zero-order valence-electron chi connectivity index (χ0n) is 42.1. The number of hydrogen-bond acceptors (Lipinski definition) is 19. The van der Waals surface area contributed by atoms with Crippen LogP contribution in [0.15, 0.2) is 84.6 Å². The molecule has 406 valence electrons. The fourth-order valence-electron chi connectivity index (χ4n) is 8.67. The molecule has 0 radical (unpaired) electrons. The standard InChI is InChI=1S/C49H70N4O18S2.Na/c1-48(2)32-24-30(46(64)50-26-36(56)42(60)44(62)38(58)28-54)16-18-34(32)52(20-10-12-22-72(66,67)68)40(48)14-8-6-5-7-9-15-41-49(3,4)33-25-31(17-19-35(33)53(41)21-11-13-23-73(69,70)71)47(65)51-27-37(57)43(61)45(63)39(59)29-55;/h5-9,14-19,24-25,36-39,42-45,54-63H,10-13,20-23,26-29H2,1-4H3,(H3-,50,51,64,65,66,67,68,69,70,71);/q;+1/p-1/t36-,37-,38+,39+,42+,43+,44+,45+;/m0./s1. The molecule has 8 atom stereocenters. The maximum atomic E-state index is 13.3. The molecule has 12 N–H and O–H groups in total. The molecule has 2 amide bonds. The van der Waals surface area contributed by atoms with Crippen LogP contribution in [0.3, 0.4) is 0 Å². The first-order valence-corrected chi connectivity index (χ1v) is 26.8. The maximum Gasteiger partial charge on any atom is 1.00 e. The van der Waals surface area contributed by atoms with Crippen LogP contribution in [-0.2, 0) is 31.1 Å². The number of unbranched alkanes of at least 4 members (excludes halogenated alkanes) is 2. The van der Waals surface area contributed by atoms with Crippen molar-refractivity contribution in [1.29, 1.82) is 0 Å². The molecule has 74 heavy (non-hydrogen) atoms. The summed E-state index contributed by atoms with van der Waals surface area (Å²) in [6.07, 6.45) is -0.822. The quantitative estimate of drug-likeness (QED) is 0.0125. The number of benzene rings is 2. The second-order valence-corrected chi connectivity index (χ2v) is 22.1. The van der Waals surface area contributed by atoms with E-state index < -0.39 is 130 Å². The second-order valence-electron chi connectivity index (χ2n) is 19.0. The molecule has 22 nitrogen and oxygen atoms in total. The van der Waals surface area contributed by atoms with Gasteiger partial charge < -0.3 is 75.7 Å². The van der Waals surface area contributed by atoms with Crippen LogP contribution in [0.1, 0.15) is 85.2 Å². The van der Waals surface area contributed by atoms with Crippen LogP contribution in [0.4, 0.5) is 11.4 Å². The molecule has 0 aromatic heterocycles. The van der Waals surface area contributed by atoms with E-state index in [9.17, 15) is 76.4 Å². The number of anilines is 1. The van der Waals surface area contributed by atoms with E-state index in [1.165, 1.54) is 0 Å². The zero-order valence-corrected chi connectivity index (χ0v) is 45.7. The Morgan fingerprint density at radius 3 is 1.61 bits per heavy atom. The molecule has 0 spiro atoms. The first kappa shape index (κ1) is 64.5. The number of nitrogens with one attached hydrogen (secondary N) is 2. The van der Waals surface area contributed by atoms with Gasteiger partial charge in [0, 0.05) is 83.2 Å². The molecule has 25 heteroatoms. The fourth-order valence-corrected chi connectivity index (χ4v) is 9.78. The van der Waals surface area contributed by atoms with Crippen molar-refractivity contribution in [3.63, 3.8) is 0 Å². The van der Waals surface area contributed by atoms with Crippen molar-refractivity contribution in [2.75, 3.05) is 55.8 Å². The number of allylic oxidation sites excluding steroid dienone is 8. The fraction of sp³-hybridized carbons (Fsp3) is 0.531. The number of hydrogen-bond donors (Lipinski definition) is 12. The Bertz CT molecular complexity index is 2640. The van der Waals surface area contributed by atoms with Crippen LogP contribution in [0, 0.1) is 0 Å². The van der Waals surface area contributed by atoms with Crippen molar-refractivity contribution < 1.29 is 121 Å². The van der Waals surface area contributed by atoms with Crippen LogP contribution in [0.5, 0.6) is 0 Å². The van der Waals surface area contributed by atoms with Gasteiger partial charge in [-0.1, -0.05) is 44.2 Å². The second kappa shape index (κ2) is 28.0. The molecule has 0 saturated heterocycles. The minimum Gasteiger partial charge on any atom is -0.748 e. The van der Waals surface area contributed by atoms with Crippen molar-refractivity contribution in [2.45, 2.75) is 113 Å². The van der Waals surface area contributed by atoms with Crippen LogP contribution in [-0.4, -0.2) is 199 Å². The first-order chi connectivity index (χ1) is 34.1. The van der Waals surface area contributed by atoms with Crippen LogP contribution in [0.2, 0.25) is 0 Å². The summed E-state index contributed by atoms with van der Waals surface area (Å²) in [5.74, 6) is -2.32. The van der Waals surface area contributed by atoms with E-state index in [0.717, 1.165) is 33.9 Å². The zero-order chi connectivity index (χ0) is 54.6. The van der Waals surface area contributed by atoms with Gasteiger partial charge in [0.15, 0.2) is 5.71 Å². The molecule has 2 aliphatic rings. The molecule has 4 rings (SSSR count). The van der Waals surface area contributed by atoms with Gasteiger partial charge in [-0.15, -0.1) is 0 Å². The van der Waals surface area contributed by atoms with Crippen LogP contribution >= 0.6 is 0 Å². The number of carbonyl (C=O) groups is 2. The summed E-state index contributed by atoms with van der Waals surface area (Å²) in [7, 11) is -8.89. The average molecular weight is 1090 g/mol. The summed E-state index contributed by atoms with van der Waals surface area (Å²) in [4.78, 5) is 28.5. The molecule has 0 saturated carbocycles. The van der Waals surface area contributed by atoms with Gasteiger partial charge in [0.1, 0.15) is 43.2 Å². The van der Waals surface area contributed by atoms with Crippen molar-refractivity contribution in [3.8, 4) is 0 Å². The van der Waals surface area contributed by atoms with Gasteiger partial charge in [-0.3, -0.25) is 9.59 Å². The summed E-state index contributed by atoms with van der Waals surface area (Å²) >= 11 is 0. The number of amides is 2. The molecule has 2 aromatic rings. The average Bonchev–Trinajstić information content (AvgIpc) is 3.68. The third-order valence-corrected chi connectivity index (χ3v) is 14.5. The number of carbonyl (C=O) groups excluding carboxylic acids is 2. The monoisotopic (exact) mass is 1090 g/mol. The molecule has 2 aliphatic heterocycles. The molecule has 0 bridgehead atoms. The smallest absolute Gasteiger partial charge is 0.748 e. The Labute approximate surface area is 453 Å². The van der Waals surface area contributed by atoms with E-state index in [1.54, 1.807) is 66.8 Å². The number of aliphatic hydroxyl groups excluding tert-OH is 10. The third-order valence-electron chi connectivity index (χ3n) is 12.9. The number of nitrogens with zero attached hydrogens (tertiary/aromatic N) is 2. The van der Waals surface area contributed by atoms with E-state index in [1.807, 2.05) is 49.3 Å². The molecular weight excluding hydrogens is 1020 g/mol. The van der Waals surface area contributed by atoms with E-state index >= 15 is 0 Å². The third kappa shape index (κ3) is 17.1.